The number of benzene rings is 1. The minimum Gasteiger partial charge on any atom is -0.406 e. The SMILES string of the molecule is C=CC(O)c1cc(Cl)cc(OC(F)(F)F)c1. The van der Waals surface area contributed by atoms with Crippen molar-refractivity contribution in [2.24, 2.45) is 0 Å². The first-order valence-electron chi connectivity index (χ1n) is 4.18. The van der Waals surface area contributed by atoms with E-state index >= 15 is 0 Å². The molecule has 2 nitrogen and oxygen atoms in total. The number of ether oxygens (including phenoxy) is 1. The minimum atomic E-state index is -4.79. The molecule has 0 heterocycles. The van der Waals surface area contributed by atoms with E-state index in [2.05, 4.69) is 11.3 Å². The molecule has 0 spiro atoms. The molecule has 1 aromatic carbocycles. The van der Waals surface area contributed by atoms with E-state index in [0.29, 0.717) is 0 Å². The Morgan fingerprint density at radius 1 is 1.38 bits per heavy atom. The lowest BCUT2D eigenvalue weighted by molar-refractivity contribution is -0.274. The van der Waals surface area contributed by atoms with E-state index in [9.17, 15) is 18.3 Å². The van der Waals surface area contributed by atoms with Crippen LogP contribution in [0.2, 0.25) is 5.02 Å². The quantitative estimate of drug-likeness (QED) is 0.835. The molecule has 0 aromatic heterocycles. The maximum atomic E-state index is 11.9. The smallest absolute Gasteiger partial charge is 0.406 e. The van der Waals surface area contributed by atoms with Crippen LogP contribution >= 0.6 is 11.6 Å². The first-order valence-corrected chi connectivity index (χ1v) is 4.56. The summed E-state index contributed by atoms with van der Waals surface area (Å²) in [6, 6.07) is 3.39. The summed E-state index contributed by atoms with van der Waals surface area (Å²) in [5.41, 5.74) is 0.182. The second-order valence-electron chi connectivity index (χ2n) is 2.95. The van der Waals surface area contributed by atoms with Crippen LogP contribution in [0.15, 0.2) is 30.9 Å². The molecule has 0 bridgehead atoms. The molecule has 0 saturated carbocycles. The summed E-state index contributed by atoms with van der Waals surface area (Å²) in [4.78, 5) is 0. The molecule has 0 radical (unpaired) electrons. The van der Waals surface area contributed by atoms with Gasteiger partial charge in [-0.1, -0.05) is 17.7 Å². The number of aliphatic hydroxyl groups is 1. The van der Waals surface area contributed by atoms with Crippen LogP contribution in [0.1, 0.15) is 11.7 Å². The van der Waals surface area contributed by atoms with Crippen LogP contribution < -0.4 is 4.74 Å². The van der Waals surface area contributed by atoms with Crippen LogP contribution in [-0.2, 0) is 0 Å². The summed E-state index contributed by atoms with van der Waals surface area (Å²) in [5.74, 6) is -0.476. The van der Waals surface area contributed by atoms with Gasteiger partial charge in [0.1, 0.15) is 5.75 Å². The molecule has 0 saturated heterocycles. The van der Waals surface area contributed by atoms with Crippen molar-refractivity contribution in [3.63, 3.8) is 0 Å². The van der Waals surface area contributed by atoms with E-state index in [4.69, 9.17) is 11.6 Å². The molecule has 0 aliphatic heterocycles. The van der Waals surface area contributed by atoms with Crippen molar-refractivity contribution in [3.05, 3.63) is 41.4 Å². The van der Waals surface area contributed by atoms with Crippen molar-refractivity contribution in [2.75, 3.05) is 0 Å². The summed E-state index contributed by atoms with van der Waals surface area (Å²) in [7, 11) is 0. The van der Waals surface area contributed by atoms with Gasteiger partial charge in [0.05, 0.1) is 6.10 Å². The molecule has 0 aliphatic rings. The van der Waals surface area contributed by atoms with Gasteiger partial charge in [-0.25, -0.2) is 0 Å². The third-order valence-corrected chi connectivity index (χ3v) is 1.91. The molecule has 88 valence electrons. The van der Waals surface area contributed by atoms with Gasteiger partial charge in [0.2, 0.25) is 0 Å². The number of rotatable bonds is 3. The van der Waals surface area contributed by atoms with Crippen molar-refractivity contribution < 1.29 is 23.0 Å². The van der Waals surface area contributed by atoms with Gasteiger partial charge in [0.25, 0.3) is 0 Å². The molecule has 0 aliphatic carbocycles. The lowest BCUT2D eigenvalue weighted by atomic mass is 10.1. The molecule has 0 amide bonds. The van der Waals surface area contributed by atoms with Crippen LogP contribution in [0.25, 0.3) is 0 Å². The first kappa shape index (κ1) is 12.9. The number of alkyl halides is 3. The summed E-state index contributed by atoms with van der Waals surface area (Å²) >= 11 is 5.59. The predicted molar refractivity (Wildman–Crippen MR) is 53.3 cm³/mol. The first-order chi connectivity index (χ1) is 7.31. The van der Waals surface area contributed by atoms with Crippen LogP contribution in [-0.4, -0.2) is 11.5 Å². The van der Waals surface area contributed by atoms with Gasteiger partial charge in [0, 0.05) is 5.02 Å². The minimum absolute atomic E-state index is 0.0395. The van der Waals surface area contributed by atoms with Gasteiger partial charge in [-0.15, -0.1) is 19.8 Å². The fourth-order valence-corrected chi connectivity index (χ4v) is 1.32. The monoisotopic (exact) mass is 252 g/mol. The molecular formula is C10H8ClF3O2. The Balaban J connectivity index is 3.03. The Morgan fingerprint density at radius 3 is 2.50 bits per heavy atom. The highest BCUT2D eigenvalue weighted by Gasteiger charge is 2.31. The molecule has 1 unspecified atom stereocenters. The van der Waals surface area contributed by atoms with Gasteiger partial charge in [0.15, 0.2) is 0 Å². The average Bonchev–Trinajstić information content (AvgIpc) is 2.12. The average molecular weight is 253 g/mol. The Hall–Kier alpha value is -1.20. The molecule has 6 heteroatoms. The lowest BCUT2D eigenvalue weighted by Crippen LogP contribution is -2.17. The Morgan fingerprint density at radius 2 is 2.00 bits per heavy atom. The highest BCUT2D eigenvalue weighted by atomic mass is 35.5. The molecule has 1 rings (SSSR count). The van der Waals surface area contributed by atoms with Crippen molar-refractivity contribution in [1.82, 2.24) is 0 Å². The zero-order valence-electron chi connectivity index (χ0n) is 7.96. The molecular weight excluding hydrogens is 245 g/mol. The lowest BCUT2D eigenvalue weighted by Gasteiger charge is -2.12. The maximum Gasteiger partial charge on any atom is 0.573 e. The van der Waals surface area contributed by atoms with Gasteiger partial charge in [-0.05, 0) is 23.8 Å². The van der Waals surface area contributed by atoms with Gasteiger partial charge >= 0.3 is 6.36 Å². The zero-order valence-corrected chi connectivity index (χ0v) is 8.72. The molecule has 0 fully saturated rings. The zero-order chi connectivity index (χ0) is 12.3. The van der Waals surface area contributed by atoms with Gasteiger partial charge in [-0.2, -0.15) is 0 Å². The van der Waals surface area contributed by atoms with Crippen LogP contribution in [0, 0.1) is 0 Å². The fraction of sp³-hybridized carbons (Fsp3) is 0.200. The summed E-state index contributed by atoms with van der Waals surface area (Å²) < 4.78 is 39.5. The van der Waals surface area contributed by atoms with E-state index in [1.165, 1.54) is 12.1 Å². The maximum absolute atomic E-state index is 11.9. The standard InChI is InChI=1S/C10H8ClF3O2/c1-2-9(15)6-3-7(11)5-8(4-6)16-10(12,13)14/h2-5,9,15H,1H2. The van der Waals surface area contributed by atoms with E-state index in [-0.39, 0.29) is 10.6 Å². The second kappa shape index (κ2) is 4.76. The predicted octanol–water partition coefficient (Wildman–Crippen LogP) is 3.46. The fourth-order valence-electron chi connectivity index (χ4n) is 1.08. The van der Waals surface area contributed by atoms with Gasteiger partial charge < -0.3 is 9.84 Å². The molecule has 1 atom stereocenters. The van der Waals surface area contributed by atoms with E-state index in [0.717, 1.165) is 12.1 Å². The molecule has 1 N–H and O–H groups in total. The molecule has 1 aromatic rings. The largest absolute Gasteiger partial charge is 0.573 e. The van der Waals surface area contributed by atoms with Crippen molar-refractivity contribution in [2.45, 2.75) is 12.5 Å². The van der Waals surface area contributed by atoms with Gasteiger partial charge in [-0.3, -0.25) is 0 Å². The highest BCUT2D eigenvalue weighted by molar-refractivity contribution is 6.30. The number of hydrogen-bond acceptors (Lipinski definition) is 2. The Labute approximate surface area is 94.9 Å². The summed E-state index contributed by atoms with van der Waals surface area (Å²) in [6.45, 7) is 3.31. The van der Waals surface area contributed by atoms with E-state index in [1.54, 1.807) is 0 Å². The van der Waals surface area contributed by atoms with Crippen molar-refractivity contribution in [3.8, 4) is 5.75 Å². The van der Waals surface area contributed by atoms with Crippen molar-refractivity contribution in [1.29, 1.82) is 0 Å². The Bertz CT molecular complexity index is 390. The topological polar surface area (TPSA) is 29.5 Å². The Kier molecular flexibility index (Phi) is 3.83. The third kappa shape index (κ3) is 3.75. The number of halogens is 4. The van der Waals surface area contributed by atoms with Crippen LogP contribution in [0.5, 0.6) is 5.75 Å². The highest BCUT2D eigenvalue weighted by Crippen LogP contribution is 2.29. The summed E-state index contributed by atoms with van der Waals surface area (Å²) in [5, 5.41) is 9.40. The second-order valence-corrected chi connectivity index (χ2v) is 3.39. The van der Waals surface area contributed by atoms with Crippen LogP contribution in [0.4, 0.5) is 13.2 Å². The summed E-state index contributed by atoms with van der Waals surface area (Å²) in [6.07, 6.45) is -4.71. The normalized spacial score (nSPS) is 13.3. The van der Waals surface area contributed by atoms with Crippen molar-refractivity contribution >= 4 is 11.6 Å². The van der Waals surface area contributed by atoms with E-state index in [1.807, 2.05) is 0 Å². The number of aliphatic hydroxyl groups excluding tert-OH is 1. The molecule has 16 heavy (non-hydrogen) atoms. The number of hydrogen-bond donors (Lipinski definition) is 1. The third-order valence-electron chi connectivity index (χ3n) is 1.69. The van der Waals surface area contributed by atoms with E-state index < -0.39 is 18.2 Å². The van der Waals surface area contributed by atoms with Crippen LogP contribution in [0.3, 0.4) is 0 Å².